The minimum absolute atomic E-state index is 0.202. The summed E-state index contributed by atoms with van der Waals surface area (Å²) in [6.07, 6.45) is 1.32. The van der Waals surface area contributed by atoms with E-state index in [1.165, 1.54) is 0 Å². The highest BCUT2D eigenvalue weighted by atomic mass is 16.4. The Balaban J connectivity index is 2.65. The minimum atomic E-state index is -1.18. The molecule has 0 saturated carbocycles. The second-order valence-electron chi connectivity index (χ2n) is 4.60. The number of carboxylic acids is 1. The Morgan fingerprint density at radius 3 is 2.39 bits per heavy atom. The molecule has 0 saturated heterocycles. The van der Waals surface area contributed by atoms with Crippen molar-refractivity contribution < 1.29 is 14.7 Å². The summed E-state index contributed by atoms with van der Waals surface area (Å²) in [4.78, 5) is 23.0. The van der Waals surface area contributed by atoms with Gasteiger partial charge in [-0.15, -0.1) is 0 Å². The lowest BCUT2D eigenvalue weighted by Crippen LogP contribution is -2.52. The molecule has 0 aliphatic carbocycles. The molecule has 1 aromatic rings. The lowest BCUT2D eigenvalue weighted by atomic mass is 9.96. The predicted octanol–water partition coefficient (Wildman–Crippen LogP) is 1.99. The fourth-order valence-electron chi connectivity index (χ4n) is 1.86. The average Bonchev–Trinajstić information content (AvgIpc) is 2.30. The van der Waals surface area contributed by atoms with Gasteiger partial charge in [-0.25, -0.2) is 4.79 Å². The van der Waals surface area contributed by atoms with E-state index in [1.54, 1.807) is 6.92 Å². The zero-order valence-corrected chi connectivity index (χ0v) is 10.8. The van der Waals surface area contributed by atoms with Gasteiger partial charge in [-0.3, -0.25) is 4.79 Å². The van der Waals surface area contributed by atoms with Crippen LogP contribution in [0.3, 0.4) is 0 Å². The van der Waals surface area contributed by atoms with Crippen LogP contribution in [0.25, 0.3) is 0 Å². The van der Waals surface area contributed by atoms with Crippen molar-refractivity contribution in [3.05, 3.63) is 35.9 Å². The number of rotatable bonds is 6. The third-order valence-corrected chi connectivity index (χ3v) is 2.84. The summed E-state index contributed by atoms with van der Waals surface area (Å²) in [5.74, 6) is -1.26. The first-order valence-electron chi connectivity index (χ1n) is 6.06. The summed E-state index contributed by atoms with van der Waals surface area (Å²) < 4.78 is 0. The van der Waals surface area contributed by atoms with E-state index in [-0.39, 0.29) is 12.3 Å². The maximum Gasteiger partial charge on any atom is 0.329 e. The summed E-state index contributed by atoms with van der Waals surface area (Å²) in [5, 5.41) is 11.8. The largest absolute Gasteiger partial charge is 0.480 e. The summed E-state index contributed by atoms with van der Waals surface area (Å²) in [6.45, 7) is 3.44. The maximum atomic E-state index is 11.8. The van der Waals surface area contributed by atoms with Gasteiger partial charge in [0.1, 0.15) is 5.54 Å². The Hall–Kier alpha value is -1.84. The van der Waals surface area contributed by atoms with Crippen LogP contribution in [-0.4, -0.2) is 22.5 Å². The Morgan fingerprint density at radius 2 is 1.89 bits per heavy atom. The molecule has 4 nitrogen and oxygen atoms in total. The van der Waals surface area contributed by atoms with E-state index in [1.807, 2.05) is 37.3 Å². The molecule has 1 amide bonds. The standard InChI is InChI=1S/C14H19NO3/c1-3-9-14(2,13(17)18)15-12(16)10-11-7-5-4-6-8-11/h4-8H,3,9-10H2,1-2H3,(H,15,16)(H,17,18). The van der Waals surface area contributed by atoms with Crippen molar-refractivity contribution >= 4 is 11.9 Å². The van der Waals surface area contributed by atoms with Crippen LogP contribution >= 0.6 is 0 Å². The van der Waals surface area contributed by atoms with Crippen molar-refractivity contribution in [3.63, 3.8) is 0 Å². The predicted molar refractivity (Wildman–Crippen MR) is 69.2 cm³/mol. The van der Waals surface area contributed by atoms with Gasteiger partial charge in [-0.2, -0.15) is 0 Å². The van der Waals surface area contributed by atoms with Crippen LogP contribution < -0.4 is 5.32 Å². The number of nitrogens with one attached hydrogen (secondary N) is 1. The van der Waals surface area contributed by atoms with E-state index in [0.717, 1.165) is 5.56 Å². The first-order valence-corrected chi connectivity index (χ1v) is 6.06. The van der Waals surface area contributed by atoms with Crippen LogP contribution in [0.2, 0.25) is 0 Å². The topological polar surface area (TPSA) is 66.4 Å². The van der Waals surface area contributed by atoms with Crippen LogP contribution in [0.15, 0.2) is 30.3 Å². The van der Waals surface area contributed by atoms with E-state index in [0.29, 0.717) is 12.8 Å². The van der Waals surface area contributed by atoms with Crippen molar-refractivity contribution in [2.24, 2.45) is 0 Å². The normalized spacial score (nSPS) is 13.7. The molecule has 0 bridgehead atoms. The summed E-state index contributed by atoms with van der Waals surface area (Å²) in [5.41, 5.74) is -0.306. The zero-order valence-electron chi connectivity index (χ0n) is 10.8. The molecule has 0 spiro atoms. The van der Waals surface area contributed by atoms with Crippen LogP contribution in [-0.2, 0) is 16.0 Å². The minimum Gasteiger partial charge on any atom is -0.480 e. The fraction of sp³-hybridized carbons (Fsp3) is 0.429. The molecule has 4 heteroatoms. The molecule has 0 heterocycles. The molecule has 1 unspecified atom stereocenters. The van der Waals surface area contributed by atoms with E-state index >= 15 is 0 Å². The van der Waals surface area contributed by atoms with E-state index in [9.17, 15) is 9.59 Å². The molecule has 18 heavy (non-hydrogen) atoms. The van der Waals surface area contributed by atoms with E-state index < -0.39 is 11.5 Å². The maximum absolute atomic E-state index is 11.8. The molecule has 0 aliphatic heterocycles. The van der Waals surface area contributed by atoms with Gasteiger partial charge in [-0.05, 0) is 18.9 Å². The molecule has 0 radical (unpaired) electrons. The number of hydrogen-bond donors (Lipinski definition) is 2. The number of amides is 1. The third-order valence-electron chi connectivity index (χ3n) is 2.84. The number of benzene rings is 1. The number of carbonyl (C=O) groups excluding carboxylic acids is 1. The van der Waals surface area contributed by atoms with Gasteiger partial charge in [0.05, 0.1) is 6.42 Å². The van der Waals surface area contributed by atoms with Crippen molar-refractivity contribution in [2.75, 3.05) is 0 Å². The van der Waals surface area contributed by atoms with Gasteiger partial charge in [0, 0.05) is 0 Å². The monoisotopic (exact) mass is 249 g/mol. The van der Waals surface area contributed by atoms with Gasteiger partial charge < -0.3 is 10.4 Å². The highest BCUT2D eigenvalue weighted by Crippen LogP contribution is 2.13. The Kier molecular flexibility index (Phi) is 4.89. The smallest absolute Gasteiger partial charge is 0.329 e. The Bertz CT molecular complexity index is 416. The van der Waals surface area contributed by atoms with Crippen molar-refractivity contribution in [2.45, 2.75) is 38.6 Å². The van der Waals surface area contributed by atoms with Crippen molar-refractivity contribution in [1.82, 2.24) is 5.32 Å². The average molecular weight is 249 g/mol. The number of carbonyl (C=O) groups is 2. The molecule has 2 N–H and O–H groups in total. The molecule has 1 atom stereocenters. The number of carboxylic acid groups (broad SMARTS) is 1. The molecule has 1 aromatic carbocycles. The van der Waals surface area contributed by atoms with Gasteiger partial charge in [0.25, 0.3) is 0 Å². The van der Waals surface area contributed by atoms with E-state index in [4.69, 9.17) is 5.11 Å². The molecular weight excluding hydrogens is 230 g/mol. The number of aliphatic carboxylic acids is 1. The first kappa shape index (κ1) is 14.2. The number of hydrogen-bond acceptors (Lipinski definition) is 2. The molecular formula is C14H19NO3. The van der Waals surface area contributed by atoms with Gasteiger partial charge >= 0.3 is 5.97 Å². The molecule has 0 aliphatic rings. The SMILES string of the molecule is CCCC(C)(NC(=O)Cc1ccccc1)C(=O)O. The quantitative estimate of drug-likeness (QED) is 0.810. The van der Waals surface area contributed by atoms with Crippen LogP contribution in [0.4, 0.5) is 0 Å². The lowest BCUT2D eigenvalue weighted by molar-refractivity contribution is -0.147. The fourth-order valence-corrected chi connectivity index (χ4v) is 1.86. The highest BCUT2D eigenvalue weighted by molar-refractivity contribution is 5.87. The molecule has 0 aromatic heterocycles. The van der Waals surface area contributed by atoms with Gasteiger partial charge in [0.2, 0.25) is 5.91 Å². The second-order valence-corrected chi connectivity index (χ2v) is 4.60. The van der Waals surface area contributed by atoms with Crippen LogP contribution in [0.1, 0.15) is 32.3 Å². The Morgan fingerprint density at radius 1 is 1.28 bits per heavy atom. The first-order chi connectivity index (χ1) is 8.48. The van der Waals surface area contributed by atoms with Crippen LogP contribution in [0.5, 0.6) is 0 Å². The van der Waals surface area contributed by atoms with Crippen molar-refractivity contribution in [3.8, 4) is 0 Å². The van der Waals surface area contributed by atoms with Crippen LogP contribution in [0, 0.1) is 0 Å². The second kappa shape index (κ2) is 6.19. The Labute approximate surface area is 107 Å². The van der Waals surface area contributed by atoms with Gasteiger partial charge in [0.15, 0.2) is 0 Å². The lowest BCUT2D eigenvalue weighted by Gasteiger charge is -2.25. The van der Waals surface area contributed by atoms with Gasteiger partial charge in [-0.1, -0.05) is 43.7 Å². The summed E-state index contributed by atoms with van der Waals surface area (Å²) in [7, 11) is 0. The highest BCUT2D eigenvalue weighted by Gasteiger charge is 2.33. The summed E-state index contributed by atoms with van der Waals surface area (Å²) in [6, 6.07) is 9.27. The zero-order chi connectivity index (χ0) is 13.6. The molecule has 98 valence electrons. The molecule has 1 rings (SSSR count). The summed E-state index contributed by atoms with van der Waals surface area (Å²) >= 11 is 0. The third kappa shape index (κ3) is 3.87. The van der Waals surface area contributed by atoms with Crippen molar-refractivity contribution in [1.29, 1.82) is 0 Å². The van der Waals surface area contributed by atoms with E-state index in [2.05, 4.69) is 5.32 Å². The molecule has 0 fully saturated rings.